The molecule has 2 aromatic rings. The maximum absolute atomic E-state index is 13.5. The van der Waals surface area contributed by atoms with Crippen LogP contribution < -0.4 is 5.32 Å². The molecule has 3 nitrogen and oxygen atoms in total. The maximum atomic E-state index is 13.5. The maximum Gasteiger partial charge on any atom is 0.322 e. The second-order valence-corrected chi connectivity index (χ2v) is 4.99. The molecule has 0 atom stereocenters. The molecule has 0 saturated carbocycles. The lowest BCUT2D eigenvalue weighted by Gasteiger charge is -2.29. The van der Waals surface area contributed by atoms with Crippen LogP contribution in [0, 0.1) is 11.6 Å². The lowest BCUT2D eigenvalue weighted by Crippen LogP contribution is -2.39. The summed E-state index contributed by atoms with van der Waals surface area (Å²) < 4.78 is 26.6. The van der Waals surface area contributed by atoms with Gasteiger partial charge in [0, 0.05) is 19.2 Å². The molecule has 0 unspecified atom stereocenters. The summed E-state index contributed by atoms with van der Waals surface area (Å²) in [7, 11) is 0. The number of amides is 2. The largest absolute Gasteiger partial charge is 0.322 e. The topological polar surface area (TPSA) is 32.3 Å². The predicted octanol–water partition coefficient (Wildman–Crippen LogP) is 3.56. The zero-order valence-electron chi connectivity index (χ0n) is 11.3. The fourth-order valence-corrected chi connectivity index (χ4v) is 2.46. The Balaban J connectivity index is 1.74. The number of hydrogen-bond acceptors (Lipinski definition) is 1. The van der Waals surface area contributed by atoms with E-state index in [9.17, 15) is 13.6 Å². The molecule has 0 aliphatic carbocycles. The lowest BCUT2D eigenvalue weighted by atomic mass is 10.0. The van der Waals surface area contributed by atoms with E-state index in [1.807, 2.05) is 24.3 Å². The number of rotatable bonds is 1. The molecule has 0 fully saturated rings. The first-order valence-corrected chi connectivity index (χ1v) is 6.71. The number of hydrogen-bond donors (Lipinski definition) is 1. The summed E-state index contributed by atoms with van der Waals surface area (Å²) in [4.78, 5) is 13.8. The first kappa shape index (κ1) is 13.5. The number of carbonyl (C=O) groups excluding carboxylic acids is 1. The van der Waals surface area contributed by atoms with Crippen molar-refractivity contribution >= 4 is 11.7 Å². The third-order valence-electron chi connectivity index (χ3n) is 3.59. The highest BCUT2D eigenvalue weighted by molar-refractivity contribution is 5.89. The number of nitrogens with zero attached hydrogens (tertiary/aromatic N) is 1. The van der Waals surface area contributed by atoms with Crippen molar-refractivity contribution in [3.63, 3.8) is 0 Å². The van der Waals surface area contributed by atoms with E-state index >= 15 is 0 Å². The van der Waals surface area contributed by atoms with Crippen LogP contribution in [0.5, 0.6) is 0 Å². The van der Waals surface area contributed by atoms with Gasteiger partial charge >= 0.3 is 6.03 Å². The molecule has 2 aromatic carbocycles. The molecule has 21 heavy (non-hydrogen) atoms. The zero-order chi connectivity index (χ0) is 14.8. The minimum Gasteiger partial charge on any atom is -0.320 e. The van der Waals surface area contributed by atoms with Crippen LogP contribution in [0.3, 0.4) is 0 Å². The molecule has 0 radical (unpaired) electrons. The van der Waals surface area contributed by atoms with Crippen LogP contribution in [-0.4, -0.2) is 17.5 Å². The smallest absolute Gasteiger partial charge is 0.320 e. The number of benzene rings is 2. The molecule has 5 heteroatoms. The van der Waals surface area contributed by atoms with E-state index in [0.29, 0.717) is 13.1 Å². The summed E-state index contributed by atoms with van der Waals surface area (Å²) in [5, 5.41) is 2.42. The Morgan fingerprint density at radius 2 is 1.86 bits per heavy atom. The van der Waals surface area contributed by atoms with Crippen molar-refractivity contribution in [2.75, 3.05) is 11.9 Å². The summed E-state index contributed by atoms with van der Waals surface area (Å²) in [6.45, 7) is 1.03. The minimum absolute atomic E-state index is 0.140. The average Bonchev–Trinajstić information content (AvgIpc) is 2.50. The van der Waals surface area contributed by atoms with Crippen molar-refractivity contribution in [2.24, 2.45) is 0 Å². The highest BCUT2D eigenvalue weighted by Gasteiger charge is 2.21. The molecule has 1 N–H and O–H groups in total. The van der Waals surface area contributed by atoms with Crippen LogP contribution >= 0.6 is 0 Å². The Bertz CT molecular complexity index is 688. The second kappa shape index (κ2) is 5.52. The third-order valence-corrected chi connectivity index (χ3v) is 3.59. The van der Waals surface area contributed by atoms with Gasteiger partial charge in [0.15, 0.2) is 0 Å². The Kier molecular flexibility index (Phi) is 3.56. The van der Waals surface area contributed by atoms with E-state index in [1.54, 1.807) is 4.90 Å². The predicted molar refractivity (Wildman–Crippen MR) is 75.9 cm³/mol. The molecule has 108 valence electrons. The van der Waals surface area contributed by atoms with Crippen LogP contribution in [0.15, 0.2) is 42.5 Å². The molecule has 1 aliphatic heterocycles. The molecule has 2 amide bonds. The summed E-state index contributed by atoms with van der Waals surface area (Å²) in [5.41, 5.74) is 2.16. The summed E-state index contributed by atoms with van der Waals surface area (Å²) >= 11 is 0. The molecule has 0 saturated heterocycles. The van der Waals surface area contributed by atoms with Crippen molar-refractivity contribution in [3.05, 3.63) is 65.2 Å². The lowest BCUT2D eigenvalue weighted by molar-refractivity contribution is 0.206. The number of carbonyl (C=O) groups is 1. The van der Waals surface area contributed by atoms with Gasteiger partial charge < -0.3 is 10.2 Å². The Morgan fingerprint density at radius 3 is 2.67 bits per heavy atom. The number of nitrogens with one attached hydrogen (secondary N) is 1. The van der Waals surface area contributed by atoms with Gasteiger partial charge in [-0.3, -0.25) is 0 Å². The monoisotopic (exact) mass is 288 g/mol. The molecule has 1 heterocycles. The van der Waals surface area contributed by atoms with Crippen LogP contribution in [0.25, 0.3) is 0 Å². The van der Waals surface area contributed by atoms with Gasteiger partial charge in [0.05, 0.1) is 5.69 Å². The minimum atomic E-state index is -0.651. The number of anilines is 1. The fourth-order valence-electron chi connectivity index (χ4n) is 2.46. The average molecular weight is 288 g/mol. The van der Waals surface area contributed by atoms with Gasteiger partial charge in [-0.2, -0.15) is 0 Å². The normalized spacial score (nSPS) is 13.7. The molecular weight excluding hydrogens is 274 g/mol. The molecular formula is C16H14F2N2O. The number of fused-ring (bicyclic) bond motifs is 1. The van der Waals surface area contributed by atoms with Gasteiger partial charge in [0.1, 0.15) is 11.6 Å². The van der Waals surface area contributed by atoms with Crippen molar-refractivity contribution in [1.82, 2.24) is 4.90 Å². The van der Waals surface area contributed by atoms with Crippen molar-refractivity contribution < 1.29 is 13.6 Å². The van der Waals surface area contributed by atoms with E-state index in [2.05, 4.69) is 5.32 Å². The van der Waals surface area contributed by atoms with Crippen LogP contribution in [-0.2, 0) is 13.0 Å². The fraction of sp³-hybridized carbons (Fsp3) is 0.188. The van der Waals surface area contributed by atoms with Crippen LogP contribution in [0.4, 0.5) is 19.3 Å². The van der Waals surface area contributed by atoms with Crippen molar-refractivity contribution in [2.45, 2.75) is 13.0 Å². The highest BCUT2D eigenvalue weighted by atomic mass is 19.1. The van der Waals surface area contributed by atoms with E-state index < -0.39 is 17.7 Å². The summed E-state index contributed by atoms with van der Waals surface area (Å²) in [6, 6.07) is 10.5. The number of halogens is 2. The standard InChI is InChI=1S/C16H14F2N2O/c17-13-5-6-14(18)15(9-13)19-16(21)20-8-7-11-3-1-2-4-12(11)10-20/h1-6,9H,7-8,10H2,(H,19,21). The van der Waals surface area contributed by atoms with Crippen LogP contribution in [0.2, 0.25) is 0 Å². The SMILES string of the molecule is O=C(Nc1cc(F)ccc1F)N1CCc2ccccc2C1. The zero-order valence-corrected chi connectivity index (χ0v) is 11.3. The Hall–Kier alpha value is -2.43. The molecule has 1 aliphatic rings. The molecule has 0 bridgehead atoms. The second-order valence-electron chi connectivity index (χ2n) is 4.99. The first-order chi connectivity index (χ1) is 10.1. The van der Waals surface area contributed by atoms with E-state index in [0.717, 1.165) is 30.2 Å². The number of urea groups is 1. The van der Waals surface area contributed by atoms with E-state index in [-0.39, 0.29) is 5.69 Å². The third kappa shape index (κ3) is 2.86. The Morgan fingerprint density at radius 1 is 1.10 bits per heavy atom. The molecule has 3 rings (SSSR count). The first-order valence-electron chi connectivity index (χ1n) is 6.71. The summed E-state index contributed by atoms with van der Waals surface area (Å²) in [6.07, 6.45) is 0.759. The van der Waals surface area contributed by atoms with Gasteiger partial charge in [-0.05, 0) is 29.7 Å². The summed E-state index contributed by atoms with van der Waals surface area (Å²) in [5.74, 6) is -1.24. The van der Waals surface area contributed by atoms with E-state index in [4.69, 9.17) is 0 Å². The highest BCUT2D eigenvalue weighted by Crippen LogP contribution is 2.20. The van der Waals surface area contributed by atoms with Gasteiger partial charge in [0.2, 0.25) is 0 Å². The quantitative estimate of drug-likeness (QED) is 0.855. The van der Waals surface area contributed by atoms with E-state index in [1.165, 1.54) is 5.56 Å². The van der Waals surface area contributed by atoms with Crippen LogP contribution in [0.1, 0.15) is 11.1 Å². The Labute approximate surface area is 121 Å². The molecule has 0 aromatic heterocycles. The van der Waals surface area contributed by atoms with Gasteiger partial charge in [-0.15, -0.1) is 0 Å². The van der Waals surface area contributed by atoms with Gasteiger partial charge in [0.25, 0.3) is 0 Å². The van der Waals surface area contributed by atoms with Crippen molar-refractivity contribution in [3.8, 4) is 0 Å². The molecule has 0 spiro atoms. The van der Waals surface area contributed by atoms with Crippen molar-refractivity contribution in [1.29, 1.82) is 0 Å². The van der Waals surface area contributed by atoms with Gasteiger partial charge in [-0.1, -0.05) is 24.3 Å². The van der Waals surface area contributed by atoms with Gasteiger partial charge in [-0.25, -0.2) is 13.6 Å².